The summed E-state index contributed by atoms with van der Waals surface area (Å²) in [7, 11) is 0. The smallest absolute Gasteiger partial charge is 0.0750 e. The van der Waals surface area contributed by atoms with Crippen LogP contribution in [0.1, 0.15) is 24.9 Å². The maximum atomic E-state index is 6.11. The molecular weight excluding hydrogens is 262 g/mol. The number of rotatable bonds is 3. The highest BCUT2D eigenvalue weighted by Gasteiger charge is 2.24. The number of ether oxygens (including phenoxy) is 1. The predicted octanol–water partition coefficient (Wildman–Crippen LogP) is 2.35. The molecule has 2 N–H and O–H groups in total. The molecule has 0 bridgehead atoms. The second-order valence-corrected chi connectivity index (χ2v) is 5.70. The minimum atomic E-state index is 0.202. The number of benzene rings is 1. The number of aromatic nitrogens is 1. The predicted molar refractivity (Wildman–Crippen MR) is 85.1 cm³/mol. The Morgan fingerprint density at radius 3 is 3.10 bits per heavy atom. The molecule has 0 saturated carbocycles. The number of fused-ring (bicyclic) bond motifs is 1. The van der Waals surface area contributed by atoms with E-state index in [2.05, 4.69) is 41.1 Å². The van der Waals surface area contributed by atoms with E-state index < -0.39 is 0 Å². The lowest BCUT2D eigenvalue weighted by atomic mass is 10.0. The molecule has 0 amide bonds. The van der Waals surface area contributed by atoms with Crippen LogP contribution in [0.15, 0.2) is 36.5 Å². The van der Waals surface area contributed by atoms with E-state index in [1.165, 1.54) is 10.9 Å². The van der Waals surface area contributed by atoms with Crippen LogP contribution in [0.3, 0.4) is 0 Å². The molecule has 1 aliphatic heterocycles. The normalized spacial score (nSPS) is 22.1. The van der Waals surface area contributed by atoms with E-state index in [9.17, 15) is 0 Å². The van der Waals surface area contributed by atoms with Gasteiger partial charge in [0.25, 0.3) is 0 Å². The SMILES string of the molecule is CC1CN(C(CN)c2cccc3cccnc23)CCCO1. The van der Waals surface area contributed by atoms with Gasteiger partial charge in [-0.2, -0.15) is 0 Å². The zero-order valence-electron chi connectivity index (χ0n) is 12.5. The highest BCUT2D eigenvalue weighted by atomic mass is 16.5. The molecule has 1 aromatic carbocycles. The van der Waals surface area contributed by atoms with Crippen LogP contribution < -0.4 is 5.73 Å². The molecule has 0 aliphatic carbocycles. The van der Waals surface area contributed by atoms with Crippen LogP contribution in [0.2, 0.25) is 0 Å². The average Bonchev–Trinajstić information content (AvgIpc) is 2.73. The second kappa shape index (κ2) is 6.52. The van der Waals surface area contributed by atoms with Crippen LogP contribution in [-0.4, -0.2) is 42.2 Å². The van der Waals surface area contributed by atoms with Gasteiger partial charge in [0.1, 0.15) is 0 Å². The van der Waals surface area contributed by atoms with Gasteiger partial charge in [-0.25, -0.2) is 0 Å². The van der Waals surface area contributed by atoms with Gasteiger partial charge in [0.2, 0.25) is 0 Å². The van der Waals surface area contributed by atoms with E-state index in [0.717, 1.165) is 31.6 Å². The molecular formula is C17H23N3O. The molecule has 2 unspecified atom stereocenters. The molecule has 2 heterocycles. The Morgan fingerprint density at radius 1 is 1.38 bits per heavy atom. The molecule has 1 fully saturated rings. The minimum Gasteiger partial charge on any atom is -0.377 e. The van der Waals surface area contributed by atoms with Crippen LogP contribution in [-0.2, 0) is 4.74 Å². The Labute approximate surface area is 125 Å². The van der Waals surface area contributed by atoms with Crippen molar-refractivity contribution in [3.05, 3.63) is 42.1 Å². The Bertz CT molecular complexity index is 596. The molecule has 1 aliphatic rings. The van der Waals surface area contributed by atoms with Gasteiger partial charge < -0.3 is 10.5 Å². The highest BCUT2D eigenvalue weighted by molar-refractivity contribution is 5.82. The summed E-state index contributed by atoms with van der Waals surface area (Å²) in [6.07, 6.45) is 3.16. The van der Waals surface area contributed by atoms with Crippen LogP contribution >= 0.6 is 0 Å². The first kappa shape index (κ1) is 14.4. The third-order valence-corrected chi connectivity index (χ3v) is 4.17. The molecule has 112 valence electrons. The van der Waals surface area contributed by atoms with E-state index in [-0.39, 0.29) is 12.1 Å². The van der Waals surface area contributed by atoms with Crippen molar-refractivity contribution >= 4 is 10.9 Å². The van der Waals surface area contributed by atoms with Gasteiger partial charge in [0.15, 0.2) is 0 Å². The summed E-state index contributed by atoms with van der Waals surface area (Å²) >= 11 is 0. The summed E-state index contributed by atoms with van der Waals surface area (Å²) in [6.45, 7) is 5.51. The van der Waals surface area contributed by atoms with Crippen LogP contribution in [0.5, 0.6) is 0 Å². The standard InChI is InChI=1S/C17H23N3O/c1-13-12-20(9-4-10-21-13)16(11-18)15-7-2-5-14-6-3-8-19-17(14)15/h2-3,5-8,13,16H,4,9-12,18H2,1H3. The molecule has 1 saturated heterocycles. The van der Waals surface area contributed by atoms with Crippen molar-refractivity contribution in [1.29, 1.82) is 0 Å². The lowest BCUT2D eigenvalue weighted by molar-refractivity contribution is 0.0613. The third-order valence-electron chi connectivity index (χ3n) is 4.17. The number of hydrogen-bond donors (Lipinski definition) is 1. The van der Waals surface area contributed by atoms with E-state index in [4.69, 9.17) is 10.5 Å². The fourth-order valence-corrected chi connectivity index (χ4v) is 3.18. The summed E-state index contributed by atoms with van der Waals surface area (Å²) in [4.78, 5) is 7.02. The maximum absolute atomic E-state index is 6.11. The number of nitrogens with zero attached hydrogens (tertiary/aromatic N) is 2. The fraction of sp³-hybridized carbons (Fsp3) is 0.471. The van der Waals surface area contributed by atoms with Crippen molar-refractivity contribution in [3.8, 4) is 0 Å². The molecule has 1 aromatic heterocycles. The number of para-hydroxylation sites is 1. The molecule has 2 aromatic rings. The van der Waals surface area contributed by atoms with Crippen LogP contribution in [0.4, 0.5) is 0 Å². The maximum Gasteiger partial charge on any atom is 0.0750 e. The van der Waals surface area contributed by atoms with Gasteiger partial charge in [-0.3, -0.25) is 9.88 Å². The van der Waals surface area contributed by atoms with E-state index >= 15 is 0 Å². The highest BCUT2D eigenvalue weighted by Crippen LogP contribution is 2.27. The summed E-state index contributed by atoms with van der Waals surface area (Å²) in [5.41, 5.74) is 8.40. The fourth-order valence-electron chi connectivity index (χ4n) is 3.18. The number of nitrogens with two attached hydrogens (primary N) is 1. The summed E-state index contributed by atoms with van der Waals surface area (Å²) in [6, 6.07) is 10.6. The number of pyridine rings is 1. The van der Waals surface area contributed by atoms with Crippen molar-refractivity contribution in [3.63, 3.8) is 0 Å². The molecule has 0 radical (unpaired) electrons. The summed E-state index contributed by atoms with van der Waals surface area (Å²) in [5, 5.41) is 1.17. The summed E-state index contributed by atoms with van der Waals surface area (Å²) < 4.78 is 5.75. The largest absolute Gasteiger partial charge is 0.377 e. The van der Waals surface area contributed by atoms with Crippen LogP contribution in [0, 0.1) is 0 Å². The van der Waals surface area contributed by atoms with E-state index in [0.29, 0.717) is 6.54 Å². The average molecular weight is 285 g/mol. The minimum absolute atomic E-state index is 0.202. The lowest BCUT2D eigenvalue weighted by Gasteiger charge is -2.31. The second-order valence-electron chi connectivity index (χ2n) is 5.70. The zero-order chi connectivity index (χ0) is 14.7. The molecule has 4 nitrogen and oxygen atoms in total. The monoisotopic (exact) mass is 285 g/mol. The Balaban J connectivity index is 1.97. The Kier molecular flexibility index (Phi) is 4.48. The molecule has 3 rings (SSSR count). The van der Waals surface area contributed by atoms with Gasteiger partial charge >= 0.3 is 0 Å². The van der Waals surface area contributed by atoms with E-state index in [1.807, 2.05) is 12.3 Å². The zero-order valence-corrected chi connectivity index (χ0v) is 12.5. The van der Waals surface area contributed by atoms with Gasteiger partial charge in [-0.1, -0.05) is 24.3 Å². The first-order valence-corrected chi connectivity index (χ1v) is 7.69. The first-order chi connectivity index (χ1) is 10.3. The number of hydrogen-bond acceptors (Lipinski definition) is 4. The molecule has 0 spiro atoms. The van der Waals surface area contributed by atoms with Gasteiger partial charge in [0, 0.05) is 43.9 Å². The molecule has 2 atom stereocenters. The van der Waals surface area contributed by atoms with Crippen molar-refractivity contribution in [2.75, 3.05) is 26.2 Å². The summed E-state index contributed by atoms with van der Waals surface area (Å²) in [5.74, 6) is 0. The quantitative estimate of drug-likeness (QED) is 0.940. The van der Waals surface area contributed by atoms with Gasteiger partial charge in [0.05, 0.1) is 11.6 Å². The lowest BCUT2D eigenvalue weighted by Crippen LogP contribution is -2.37. The Morgan fingerprint density at radius 2 is 2.24 bits per heavy atom. The first-order valence-electron chi connectivity index (χ1n) is 7.69. The topological polar surface area (TPSA) is 51.4 Å². The van der Waals surface area contributed by atoms with E-state index in [1.54, 1.807) is 0 Å². The van der Waals surface area contributed by atoms with Crippen molar-refractivity contribution < 1.29 is 4.74 Å². The molecule has 21 heavy (non-hydrogen) atoms. The Hall–Kier alpha value is -1.49. The third kappa shape index (κ3) is 3.07. The van der Waals surface area contributed by atoms with Crippen LogP contribution in [0.25, 0.3) is 10.9 Å². The molecule has 4 heteroatoms. The van der Waals surface area contributed by atoms with Gasteiger partial charge in [-0.15, -0.1) is 0 Å². The van der Waals surface area contributed by atoms with Crippen molar-refractivity contribution in [1.82, 2.24) is 9.88 Å². The van der Waals surface area contributed by atoms with Crippen molar-refractivity contribution in [2.24, 2.45) is 5.73 Å². The van der Waals surface area contributed by atoms with Crippen molar-refractivity contribution in [2.45, 2.75) is 25.5 Å². The van der Waals surface area contributed by atoms with Gasteiger partial charge in [-0.05, 0) is 25.0 Å².